The van der Waals surface area contributed by atoms with Crippen LogP contribution in [0.25, 0.3) is 0 Å². The zero-order chi connectivity index (χ0) is 13.9. The first-order valence-corrected chi connectivity index (χ1v) is 7.22. The van der Waals surface area contributed by atoms with Crippen LogP contribution in [0.1, 0.15) is 36.6 Å². The Kier molecular flexibility index (Phi) is 3.74. The van der Waals surface area contributed by atoms with E-state index in [9.17, 15) is 0 Å². The minimum Gasteiger partial charge on any atom is -0.497 e. The molecule has 4 heteroatoms. The summed E-state index contributed by atoms with van der Waals surface area (Å²) < 4.78 is 7.44. The van der Waals surface area contributed by atoms with E-state index in [2.05, 4.69) is 40.4 Å². The van der Waals surface area contributed by atoms with Gasteiger partial charge in [0.05, 0.1) is 19.2 Å². The molecule has 2 atom stereocenters. The Morgan fingerprint density at radius 1 is 1.45 bits per heavy atom. The van der Waals surface area contributed by atoms with E-state index in [1.165, 1.54) is 11.1 Å². The van der Waals surface area contributed by atoms with Gasteiger partial charge in [-0.1, -0.05) is 13.0 Å². The van der Waals surface area contributed by atoms with Gasteiger partial charge in [0.1, 0.15) is 5.75 Å². The summed E-state index contributed by atoms with van der Waals surface area (Å²) in [6.07, 6.45) is 6.04. The van der Waals surface area contributed by atoms with Gasteiger partial charge in [-0.3, -0.25) is 4.68 Å². The van der Waals surface area contributed by atoms with Crippen molar-refractivity contribution in [2.45, 2.75) is 31.8 Å². The molecule has 2 unspecified atom stereocenters. The standard InChI is InChI=1S/C16H21N3O/c1-3-7-17-16-14-11-13(20-2)6-5-12(14)10-15(16)19-9-4-8-18-19/h4-6,8-9,11,15-17H,3,7,10H2,1-2H3. The molecule has 0 radical (unpaired) electrons. The van der Waals surface area contributed by atoms with Gasteiger partial charge in [0.2, 0.25) is 0 Å². The van der Waals surface area contributed by atoms with Gasteiger partial charge in [0.25, 0.3) is 0 Å². The van der Waals surface area contributed by atoms with Crippen LogP contribution in [-0.2, 0) is 6.42 Å². The van der Waals surface area contributed by atoms with Gasteiger partial charge in [-0.15, -0.1) is 0 Å². The summed E-state index contributed by atoms with van der Waals surface area (Å²) in [6, 6.07) is 9.02. The fourth-order valence-corrected chi connectivity index (χ4v) is 2.99. The van der Waals surface area contributed by atoms with Crippen LogP contribution in [0.2, 0.25) is 0 Å². The van der Waals surface area contributed by atoms with Gasteiger partial charge >= 0.3 is 0 Å². The number of benzene rings is 1. The van der Waals surface area contributed by atoms with Crippen LogP contribution in [0.3, 0.4) is 0 Å². The lowest BCUT2D eigenvalue weighted by atomic mass is 10.1. The Balaban J connectivity index is 1.94. The molecule has 2 aromatic rings. The molecule has 1 aliphatic rings. The summed E-state index contributed by atoms with van der Waals surface area (Å²) in [4.78, 5) is 0. The first kappa shape index (κ1) is 13.2. The molecule has 3 rings (SSSR count). The van der Waals surface area contributed by atoms with E-state index in [0.29, 0.717) is 12.1 Å². The smallest absolute Gasteiger partial charge is 0.119 e. The molecule has 0 bridgehead atoms. The van der Waals surface area contributed by atoms with Crippen molar-refractivity contribution in [3.63, 3.8) is 0 Å². The first-order valence-electron chi connectivity index (χ1n) is 7.22. The molecular weight excluding hydrogens is 250 g/mol. The third-order valence-corrected chi connectivity index (χ3v) is 3.98. The number of fused-ring (bicyclic) bond motifs is 1. The minimum atomic E-state index is 0.306. The Bertz CT molecular complexity index is 565. The maximum atomic E-state index is 5.37. The predicted octanol–water partition coefficient (Wildman–Crippen LogP) is 2.73. The zero-order valence-electron chi connectivity index (χ0n) is 12.0. The molecule has 0 spiro atoms. The molecule has 0 fully saturated rings. The zero-order valence-corrected chi connectivity index (χ0v) is 12.0. The van der Waals surface area contributed by atoms with Crippen molar-refractivity contribution in [1.82, 2.24) is 15.1 Å². The molecule has 1 N–H and O–H groups in total. The highest BCUT2D eigenvalue weighted by atomic mass is 16.5. The molecule has 1 aromatic heterocycles. The van der Waals surface area contributed by atoms with Crippen LogP contribution in [0.15, 0.2) is 36.7 Å². The molecule has 106 valence electrons. The molecule has 1 aliphatic carbocycles. The topological polar surface area (TPSA) is 39.1 Å². The maximum absolute atomic E-state index is 5.37. The van der Waals surface area contributed by atoms with Crippen LogP contribution in [0.4, 0.5) is 0 Å². The van der Waals surface area contributed by atoms with E-state index in [1.807, 2.05) is 18.3 Å². The average Bonchev–Trinajstić information content (AvgIpc) is 3.11. The Morgan fingerprint density at radius 2 is 2.35 bits per heavy atom. The van der Waals surface area contributed by atoms with Crippen LogP contribution in [-0.4, -0.2) is 23.4 Å². The lowest BCUT2D eigenvalue weighted by Gasteiger charge is -2.22. The summed E-state index contributed by atoms with van der Waals surface area (Å²) in [7, 11) is 1.72. The van der Waals surface area contributed by atoms with Gasteiger partial charge in [-0.2, -0.15) is 5.10 Å². The van der Waals surface area contributed by atoms with E-state index in [1.54, 1.807) is 7.11 Å². The summed E-state index contributed by atoms with van der Waals surface area (Å²) >= 11 is 0. The second-order valence-corrected chi connectivity index (χ2v) is 5.25. The fraction of sp³-hybridized carbons (Fsp3) is 0.438. The molecule has 0 amide bonds. The largest absolute Gasteiger partial charge is 0.497 e. The number of ether oxygens (including phenoxy) is 1. The summed E-state index contributed by atoms with van der Waals surface area (Å²) in [5, 5.41) is 8.09. The van der Waals surface area contributed by atoms with E-state index in [0.717, 1.165) is 25.1 Å². The number of methoxy groups -OCH3 is 1. The van der Waals surface area contributed by atoms with Gasteiger partial charge in [0, 0.05) is 12.4 Å². The van der Waals surface area contributed by atoms with Gasteiger partial charge in [-0.25, -0.2) is 0 Å². The van der Waals surface area contributed by atoms with E-state index in [4.69, 9.17) is 4.74 Å². The SMILES string of the molecule is CCCNC1c2cc(OC)ccc2CC1n1cccn1. The van der Waals surface area contributed by atoms with Gasteiger partial charge < -0.3 is 10.1 Å². The summed E-state index contributed by atoms with van der Waals surface area (Å²) in [5.74, 6) is 0.924. The van der Waals surface area contributed by atoms with E-state index >= 15 is 0 Å². The van der Waals surface area contributed by atoms with Gasteiger partial charge in [-0.05, 0) is 48.7 Å². The first-order chi connectivity index (χ1) is 9.83. The molecule has 1 aromatic carbocycles. The van der Waals surface area contributed by atoms with Crippen molar-refractivity contribution in [1.29, 1.82) is 0 Å². The Hall–Kier alpha value is -1.81. The molecule has 0 saturated carbocycles. The number of nitrogens with one attached hydrogen (secondary N) is 1. The quantitative estimate of drug-likeness (QED) is 0.909. The highest BCUT2D eigenvalue weighted by Crippen LogP contribution is 2.40. The number of nitrogens with zero attached hydrogens (tertiary/aromatic N) is 2. The lowest BCUT2D eigenvalue weighted by Crippen LogP contribution is -2.28. The lowest BCUT2D eigenvalue weighted by molar-refractivity contribution is 0.354. The van der Waals surface area contributed by atoms with Crippen molar-refractivity contribution < 1.29 is 4.74 Å². The van der Waals surface area contributed by atoms with Crippen LogP contribution in [0.5, 0.6) is 5.75 Å². The number of aromatic nitrogens is 2. The van der Waals surface area contributed by atoms with Crippen molar-refractivity contribution >= 4 is 0 Å². The molecular formula is C16H21N3O. The Labute approximate surface area is 119 Å². The monoisotopic (exact) mass is 271 g/mol. The summed E-state index contributed by atoms with van der Waals surface area (Å²) in [6.45, 7) is 3.20. The number of hydrogen-bond donors (Lipinski definition) is 1. The van der Waals surface area contributed by atoms with Crippen molar-refractivity contribution in [2.75, 3.05) is 13.7 Å². The minimum absolute atomic E-state index is 0.306. The van der Waals surface area contributed by atoms with Gasteiger partial charge in [0.15, 0.2) is 0 Å². The van der Waals surface area contributed by atoms with E-state index < -0.39 is 0 Å². The molecule has 0 saturated heterocycles. The van der Waals surface area contributed by atoms with Crippen LogP contribution in [0, 0.1) is 0 Å². The third kappa shape index (κ3) is 2.31. The average molecular weight is 271 g/mol. The molecule has 1 heterocycles. The van der Waals surface area contributed by atoms with Crippen molar-refractivity contribution in [3.8, 4) is 5.75 Å². The Morgan fingerprint density at radius 3 is 3.05 bits per heavy atom. The highest BCUT2D eigenvalue weighted by molar-refractivity contribution is 5.42. The van der Waals surface area contributed by atoms with Crippen molar-refractivity contribution in [2.24, 2.45) is 0 Å². The van der Waals surface area contributed by atoms with E-state index in [-0.39, 0.29) is 0 Å². The summed E-state index contributed by atoms with van der Waals surface area (Å²) in [5.41, 5.74) is 2.73. The molecule has 20 heavy (non-hydrogen) atoms. The molecule has 4 nitrogen and oxygen atoms in total. The normalized spacial score (nSPS) is 20.9. The second kappa shape index (κ2) is 5.67. The number of hydrogen-bond acceptors (Lipinski definition) is 3. The number of rotatable bonds is 5. The predicted molar refractivity (Wildman–Crippen MR) is 79.0 cm³/mol. The fourth-order valence-electron chi connectivity index (χ4n) is 2.99. The van der Waals surface area contributed by atoms with Crippen LogP contribution >= 0.6 is 0 Å². The van der Waals surface area contributed by atoms with Crippen molar-refractivity contribution in [3.05, 3.63) is 47.8 Å². The van der Waals surface area contributed by atoms with Crippen LogP contribution < -0.4 is 10.1 Å². The maximum Gasteiger partial charge on any atom is 0.119 e. The second-order valence-electron chi connectivity index (χ2n) is 5.25. The molecule has 0 aliphatic heterocycles. The highest BCUT2D eigenvalue weighted by Gasteiger charge is 2.33. The third-order valence-electron chi connectivity index (χ3n) is 3.98.